The Morgan fingerprint density at radius 1 is 1.38 bits per heavy atom. The summed E-state index contributed by atoms with van der Waals surface area (Å²) in [5.74, 6) is -0.0225. The van der Waals surface area contributed by atoms with E-state index in [4.69, 9.17) is 17.0 Å². The van der Waals surface area contributed by atoms with Crippen LogP contribution in [-0.2, 0) is 16.2 Å². The van der Waals surface area contributed by atoms with Gasteiger partial charge in [-0.25, -0.2) is 0 Å². The van der Waals surface area contributed by atoms with Crippen LogP contribution in [0.1, 0.15) is 12.8 Å². The van der Waals surface area contributed by atoms with E-state index in [2.05, 4.69) is 21.6 Å². The predicted octanol–water partition coefficient (Wildman–Crippen LogP) is 3.27. The van der Waals surface area contributed by atoms with Gasteiger partial charge in [-0.15, -0.1) is 11.3 Å². The molecule has 0 radical (unpaired) electrons. The smallest absolute Gasteiger partial charge is 0.308 e. The molecule has 6 heteroatoms. The van der Waals surface area contributed by atoms with E-state index in [-0.39, 0.29) is 11.9 Å². The average Bonchev–Trinajstić information content (AvgIpc) is 2.83. The third-order valence-electron chi connectivity index (χ3n) is 4.04. The minimum Gasteiger partial charge on any atom is -0.469 e. The van der Waals surface area contributed by atoms with Crippen LogP contribution in [0.25, 0.3) is 10.2 Å². The molecule has 0 saturated carbocycles. The number of rotatable bonds is 3. The Kier molecular flexibility index (Phi) is 4.37. The third kappa shape index (κ3) is 3.02. The number of fused-ring (bicyclic) bond motifs is 1. The van der Waals surface area contributed by atoms with Crippen molar-refractivity contribution < 1.29 is 9.53 Å². The van der Waals surface area contributed by atoms with Gasteiger partial charge in [-0.3, -0.25) is 9.69 Å². The molecule has 2 aromatic rings. The number of benzene rings is 1. The number of likely N-dealkylation sites (tertiary alicyclic amines) is 1. The molecule has 1 fully saturated rings. The molecule has 3 rings (SSSR count). The number of carbonyl (C=O) groups excluding carboxylic acids is 1. The quantitative estimate of drug-likeness (QED) is 0.642. The molecular formula is C15H18N2O2S2. The van der Waals surface area contributed by atoms with Gasteiger partial charge in [0.2, 0.25) is 0 Å². The Labute approximate surface area is 132 Å². The molecular weight excluding hydrogens is 304 g/mol. The molecule has 0 atom stereocenters. The fourth-order valence-corrected chi connectivity index (χ4v) is 4.13. The second kappa shape index (κ2) is 6.25. The zero-order chi connectivity index (χ0) is 14.8. The standard InChI is InChI=1S/C15H18N2O2S2/c1-19-14(18)11-6-8-16(9-7-11)10-17-12-4-2-3-5-13(12)21-15(17)20/h2-5,11H,6-10H2,1H3. The lowest BCUT2D eigenvalue weighted by Crippen LogP contribution is -2.37. The average molecular weight is 322 g/mol. The molecule has 112 valence electrons. The first-order valence-corrected chi connectivity index (χ1v) is 8.30. The van der Waals surface area contributed by atoms with Crippen molar-refractivity contribution in [3.05, 3.63) is 28.2 Å². The molecule has 1 aromatic carbocycles. The van der Waals surface area contributed by atoms with Crippen molar-refractivity contribution in [3.8, 4) is 0 Å². The molecule has 1 aliphatic rings. The first-order valence-electron chi connectivity index (χ1n) is 7.07. The molecule has 0 N–H and O–H groups in total. The number of hydrogen-bond acceptors (Lipinski definition) is 5. The molecule has 1 aromatic heterocycles. The van der Waals surface area contributed by atoms with E-state index in [0.29, 0.717) is 0 Å². The minimum atomic E-state index is -0.0766. The van der Waals surface area contributed by atoms with Crippen LogP contribution in [0.15, 0.2) is 24.3 Å². The molecule has 2 heterocycles. The first kappa shape index (κ1) is 14.7. The summed E-state index contributed by atoms with van der Waals surface area (Å²) >= 11 is 7.14. The Morgan fingerprint density at radius 2 is 2.10 bits per heavy atom. The number of hydrogen-bond donors (Lipinski definition) is 0. The number of para-hydroxylation sites is 1. The van der Waals surface area contributed by atoms with E-state index < -0.39 is 0 Å². The number of ether oxygens (including phenoxy) is 1. The lowest BCUT2D eigenvalue weighted by molar-refractivity contribution is -0.147. The molecule has 0 amide bonds. The highest BCUT2D eigenvalue weighted by atomic mass is 32.1. The molecule has 0 bridgehead atoms. The molecule has 1 aliphatic heterocycles. The second-order valence-corrected chi connectivity index (χ2v) is 7.00. The summed E-state index contributed by atoms with van der Waals surface area (Å²) in [4.78, 5) is 13.9. The normalized spacial score (nSPS) is 17.2. The maximum absolute atomic E-state index is 11.6. The van der Waals surface area contributed by atoms with Crippen LogP contribution in [0.5, 0.6) is 0 Å². The molecule has 1 saturated heterocycles. The van der Waals surface area contributed by atoms with Crippen LogP contribution in [-0.4, -0.2) is 35.6 Å². The van der Waals surface area contributed by atoms with Crippen LogP contribution in [0.4, 0.5) is 0 Å². The topological polar surface area (TPSA) is 34.5 Å². The highest BCUT2D eigenvalue weighted by Crippen LogP contribution is 2.25. The summed E-state index contributed by atoms with van der Waals surface area (Å²) < 4.78 is 9.16. The van der Waals surface area contributed by atoms with E-state index in [1.807, 2.05) is 12.1 Å². The molecule has 0 unspecified atom stereocenters. The largest absolute Gasteiger partial charge is 0.469 e. The van der Waals surface area contributed by atoms with Crippen LogP contribution < -0.4 is 0 Å². The van der Waals surface area contributed by atoms with Crippen molar-refractivity contribution in [2.24, 2.45) is 5.92 Å². The van der Waals surface area contributed by atoms with Crippen LogP contribution in [0, 0.1) is 9.87 Å². The predicted molar refractivity (Wildman–Crippen MR) is 87.0 cm³/mol. The van der Waals surface area contributed by atoms with Gasteiger partial charge in [-0.05, 0) is 37.2 Å². The SMILES string of the molecule is COC(=O)C1CCN(Cn2c(=S)sc3ccccc32)CC1. The van der Waals surface area contributed by atoms with E-state index >= 15 is 0 Å². The van der Waals surface area contributed by atoms with Gasteiger partial charge in [0.15, 0.2) is 3.95 Å². The first-order chi connectivity index (χ1) is 10.2. The Bertz CT molecular complexity index is 699. The third-order valence-corrected chi connectivity index (χ3v) is 5.47. The summed E-state index contributed by atoms with van der Waals surface area (Å²) in [5, 5.41) is 0. The molecule has 21 heavy (non-hydrogen) atoms. The fraction of sp³-hybridized carbons (Fsp3) is 0.467. The van der Waals surface area contributed by atoms with Crippen molar-refractivity contribution in [3.63, 3.8) is 0 Å². The van der Waals surface area contributed by atoms with Crippen molar-refractivity contribution >= 4 is 39.7 Å². The lowest BCUT2D eigenvalue weighted by Gasteiger charge is -2.30. The maximum Gasteiger partial charge on any atom is 0.308 e. The van der Waals surface area contributed by atoms with Gasteiger partial charge in [0.05, 0.1) is 29.9 Å². The fourth-order valence-electron chi connectivity index (χ4n) is 2.82. The lowest BCUT2D eigenvalue weighted by atomic mass is 9.97. The summed E-state index contributed by atoms with van der Waals surface area (Å²) in [5.41, 5.74) is 1.20. The maximum atomic E-state index is 11.6. The zero-order valence-electron chi connectivity index (χ0n) is 11.9. The number of piperidine rings is 1. The van der Waals surface area contributed by atoms with Crippen LogP contribution in [0.3, 0.4) is 0 Å². The van der Waals surface area contributed by atoms with Gasteiger partial charge in [-0.1, -0.05) is 12.1 Å². The van der Waals surface area contributed by atoms with E-state index in [9.17, 15) is 4.79 Å². The van der Waals surface area contributed by atoms with Gasteiger partial charge >= 0.3 is 5.97 Å². The van der Waals surface area contributed by atoms with Crippen molar-refractivity contribution in [1.29, 1.82) is 0 Å². The number of methoxy groups -OCH3 is 1. The number of aromatic nitrogens is 1. The van der Waals surface area contributed by atoms with E-state index in [1.54, 1.807) is 11.3 Å². The van der Waals surface area contributed by atoms with E-state index in [1.165, 1.54) is 17.3 Å². The Morgan fingerprint density at radius 3 is 2.81 bits per heavy atom. The summed E-state index contributed by atoms with van der Waals surface area (Å²) in [7, 11) is 1.46. The Hall–Kier alpha value is -1.24. The summed E-state index contributed by atoms with van der Waals surface area (Å²) in [6.07, 6.45) is 1.73. The molecule has 0 aliphatic carbocycles. The van der Waals surface area contributed by atoms with Crippen LogP contribution >= 0.6 is 23.6 Å². The highest BCUT2D eigenvalue weighted by Gasteiger charge is 2.25. The van der Waals surface area contributed by atoms with Crippen molar-refractivity contribution in [2.75, 3.05) is 20.2 Å². The van der Waals surface area contributed by atoms with E-state index in [0.717, 1.165) is 36.6 Å². The van der Waals surface area contributed by atoms with Crippen molar-refractivity contribution in [1.82, 2.24) is 9.47 Å². The number of esters is 1. The zero-order valence-corrected chi connectivity index (χ0v) is 13.6. The van der Waals surface area contributed by atoms with Crippen LogP contribution in [0.2, 0.25) is 0 Å². The summed E-state index contributed by atoms with van der Waals surface area (Å²) in [6, 6.07) is 8.31. The van der Waals surface area contributed by atoms with Gasteiger partial charge < -0.3 is 9.30 Å². The van der Waals surface area contributed by atoms with Gasteiger partial charge in [-0.2, -0.15) is 0 Å². The number of thiazole rings is 1. The second-order valence-electron chi connectivity index (χ2n) is 5.32. The molecule has 0 spiro atoms. The molecule has 4 nitrogen and oxygen atoms in total. The number of carbonyl (C=O) groups is 1. The summed E-state index contributed by atoms with van der Waals surface area (Å²) in [6.45, 7) is 2.62. The highest BCUT2D eigenvalue weighted by molar-refractivity contribution is 7.73. The van der Waals surface area contributed by atoms with Crippen molar-refractivity contribution in [2.45, 2.75) is 19.5 Å². The number of nitrogens with zero attached hydrogens (tertiary/aromatic N) is 2. The van der Waals surface area contributed by atoms with Gasteiger partial charge in [0, 0.05) is 13.1 Å². The minimum absolute atomic E-state index is 0.0541. The Balaban J connectivity index is 1.71. The van der Waals surface area contributed by atoms with Gasteiger partial charge in [0.1, 0.15) is 0 Å². The monoisotopic (exact) mass is 322 g/mol. The van der Waals surface area contributed by atoms with Gasteiger partial charge in [0.25, 0.3) is 0 Å².